The van der Waals surface area contributed by atoms with Crippen molar-refractivity contribution in [2.24, 2.45) is 16.8 Å². The fraction of sp³-hybridized carbons (Fsp3) is 0.531. The lowest BCUT2D eigenvalue weighted by Crippen LogP contribution is -2.48. The molecule has 0 N–H and O–H groups in total. The zero-order valence-electron chi connectivity index (χ0n) is 25.1. The van der Waals surface area contributed by atoms with Gasteiger partial charge in [0, 0.05) is 29.1 Å². The topological polar surface area (TPSA) is 62.2 Å². The van der Waals surface area contributed by atoms with E-state index >= 15 is 0 Å². The van der Waals surface area contributed by atoms with Crippen LogP contribution >= 0.6 is 35.0 Å². The molecule has 5 atom stereocenters. The maximum Gasteiger partial charge on any atom is 0.329 e. The van der Waals surface area contributed by atoms with Gasteiger partial charge in [0.2, 0.25) is 0 Å². The molecule has 0 bridgehead atoms. The number of halogens is 3. The number of amidine groups is 1. The summed E-state index contributed by atoms with van der Waals surface area (Å²) in [5.41, 5.74) is 0.380. The van der Waals surface area contributed by atoms with Crippen LogP contribution in [-0.2, 0) is 19.9 Å². The first-order valence-electron chi connectivity index (χ1n) is 14.5. The van der Waals surface area contributed by atoms with Crippen molar-refractivity contribution >= 4 is 52.0 Å². The number of nitrogens with zero attached hydrogens (tertiary/aromatic N) is 3. The zero-order chi connectivity index (χ0) is 30.7. The Balaban J connectivity index is 1.57. The van der Waals surface area contributed by atoms with Crippen LogP contribution in [0.5, 0.6) is 0 Å². The van der Waals surface area contributed by atoms with Crippen molar-refractivity contribution in [3.63, 3.8) is 0 Å². The molecule has 6 nitrogen and oxygen atoms in total. The Hall–Kier alpha value is -2.29. The van der Waals surface area contributed by atoms with E-state index in [0.717, 1.165) is 11.3 Å². The van der Waals surface area contributed by atoms with Crippen molar-refractivity contribution in [2.75, 3.05) is 0 Å². The highest BCUT2D eigenvalue weighted by atomic mass is 35.5. The van der Waals surface area contributed by atoms with Crippen molar-refractivity contribution < 1.29 is 18.7 Å². The highest BCUT2D eigenvalue weighted by Gasteiger charge is 2.56. The summed E-state index contributed by atoms with van der Waals surface area (Å²) in [7, 11) is 0. The molecule has 10 heteroatoms. The number of thioether (sulfide) groups is 1. The average molecular weight is 635 g/mol. The van der Waals surface area contributed by atoms with Gasteiger partial charge in [-0.15, -0.1) is 0 Å². The molecule has 0 aromatic heterocycles. The van der Waals surface area contributed by atoms with Crippen LogP contribution in [0.4, 0.5) is 4.39 Å². The van der Waals surface area contributed by atoms with Crippen LogP contribution in [0.2, 0.25) is 5.02 Å². The second-order valence-electron chi connectivity index (χ2n) is 13.0. The second-order valence-corrected chi connectivity index (χ2v) is 14.8. The van der Waals surface area contributed by atoms with Crippen LogP contribution in [-0.4, -0.2) is 50.6 Å². The van der Waals surface area contributed by atoms with Gasteiger partial charge in [0.25, 0.3) is 5.91 Å². The number of likely N-dealkylation sites (tertiary alicyclic amines) is 1. The fourth-order valence-corrected chi connectivity index (χ4v) is 8.16. The molecule has 1 unspecified atom stereocenters. The third kappa shape index (κ3) is 5.55. The minimum Gasteiger partial charge on any atom is -0.458 e. The summed E-state index contributed by atoms with van der Waals surface area (Å²) < 4.78 is 20.7. The number of esters is 1. The number of carbonyl (C=O) groups excluding carboxylic acids is 2. The van der Waals surface area contributed by atoms with Crippen LogP contribution in [0.15, 0.2) is 62.9 Å². The zero-order valence-corrected chi connectivity index (χ0v) is 27.4. The number of hydrogen-bond donors (Lipinski definition) is 0. The van der Waals surface area contributed by atoms with E-state index in [4.69, 9.17) is 32.9 Å². The number of fused-ring (bicyclic) bond motifs is 1. The molecule has 0 saturated carbocycles. The number of amides is 1. The van der Waals surface area contributed by atoms with Crippen LogP contribution in [0.1, 0.15) is 73.3 Å². The van der Waals surface area contributed by atoms with Gasteiger partial charge in [-0.3, -0.25) is 4.79 Å². The standard InChI is InChI=1S/C32H38Cl2FN3O3S/c1-17(2)25-26(28(39)37-18(3)8-15-24(37)29(40)41-31(4,5)6)42-30-36-32(7,20-10-12-21(33)13-11-20)27(38(25)30)19-9-14-22(34)23(35)16-19/h9-14,17-19,24,27H,8,15-16H2,1-7H3/t18-,19?,24+,27+,32-/m1/s1. The molecule has 1 aliphatic carbocycles. The Labute approximate surface area is 262 Å². The molecule has 5 rings (SSSR count). The quantitative estimate of drug-likeness (QED) is 0.308. The van der Waals surface area contributed by atoms with Gasteiger partial charge >= 0.3 is 5.97 Å². The maximum atomic E-state index is 15.0. The summed E-state index contributed by atoms with van der Waals surface area (Å²) >= 11 is 13.7. The largest absolute Gasteiger partial charge is 0.458 e. The third-order valence-electron chi connectivity index (χ3n) is 8.39. The smallest absolute Gasteiger partial charge is 0.329 e. The normalized spacial score (nSPS) is 29.5. The van der Waals surface area contributed by atoms with E-state index in [0.29, 0.717) is 27.9 Å². The van der Waals surface area contributed by atoms with Crippen LogP contribution in [0.3, 0.4) is 0 Å². The summed E-state index contributed by atoms with van der Waals surface area (Å²) in [5.74, 6) is -1.25. The van der Waals surface area contributed by atoms with E-state index in [9.17, 15) is 14.0 Å². The van der Waals surface area contributed by atoms with Crippen molar-refractivity contribution in [1.29, 1.82) is 0 Å². The van der Waals surface area contributed by atoms with E-state index < -0.39 is 17.2 Å². The van der Waals surface area contributed by atoms with Crippen LogP contribution in [0, 0.1) is 11.8 Å². The van der Waals surface area contributed by atoms with E-state index in [2.05, 4.69) is 11.8 Å². The summed E-state index contributed by atoms with van der Waals surface area (Å²) in [6, 6.07) is 6.50. The molecule has 3 aliphatic heterocycles. The van der Waals surface area contributed by atoms with Gasteiger partial charge in [0.05, 0.1) is 11.1 Å². The lowest BCUT2D eigenvalue weighted by Gasteiger charge is -2.41. The number of hydrogen-bond acceptors (Lipinski definition) is 6. The van der Waals surface area contributed by atoms with E-state index in [1.165, 1.54) is 11.8 Å². The van der Waals surface area contributed by atoms with Gasteiger partial charge in [-0.1, -0.05) is 55.3 Å². The highest BCUT2D eigenvalue weighted by Crippen LogP contribution is 2.54. The number of aliphatic imine (C=N–C) groups is 1. The second kappa shape index (κ2) is 11.3. The molecule has 1 aromatic rings. The van der Waals surface area contributed by atoms with Crippen molar-refractivity contribution in [2.45, 2.75) is 97.0 Å². The SMILES string of the molecule is CC(C)C1=C(C(=O)N2[C@H](C)CC[C@H]2C(=O)OC(C)(C)C)SC2=N[C@](C)(c3ccc(Cl)cc3)[C@H](C3C=CC(Cl)=C(F)C3)N21. The Bertz CT molecular complexity index is 1410. The average Bonchev–Trinajstić information content (AvgIpc) is 3.54. The summed E-state index contributed by atoms with van der Waals surface area (Å²) in [6.45, 7) is 13.6. The minimum absolute atomic E-state index is 0.0475. The predicted octanol–water partition coefficient (Wildman–Crippen LogP) is 7.93. The third-order valence-corrected chi connectivity index (χ3v) is 10.0. The van der Waals surface area contributed by atoms with Gasteiger partial charge in [0.15, 0.2) is 5.17 Å². The first-order valence-corrected chi connectivity index (χ1v) is 16.0. The first kappa shape index (κ1) is 31.1. The number of carbonyl (C=O) groups is 2. The van der Waals surface area contributed by atoms with Gasteiger partial charge in [-0.2, -0.15) is 0 Å². The molecule has 42 heavy (non-hydrogen) atoms. The Morgan fingerprint density at radius 3 is 2.43 bits per heavy atom. The summed E-state index contributed by atoms with van der Waals surface area (Å²) in [4.78, 5) is 37.2. The van der Waals surface area contributed by atoms with Gasteiger partial charge in [-0.05, 0) is 88.9 Å². The predicted molar refractivity (Wildman–Crippen MR) is 168 cm³/mol. The van der Waals surface area contributed by atoms with E-state index in [1.807, 2.05) is 71.9 Å². The fourth-order valence-electron chi connectivity index (χ4n) is 6.52. The Kier molecular flexibility index (Phi) is 8.40. The molecule has 1 amide bonds. The van der Waals surface area contributed by atoms with Gasteiger partial charge in [-0.25, -0.2) is 14.2 Å². The maximum absolute atomic E-state index is 15.0. The molecule has 3 heterocycles. The lowest BCUT2D eigenvalue weighted by molar-refractivity contribution is -0.163. The molecule has 1 fully saturated rings. The number of benzene rings is 1. The molecule has 0 radical (unpaired) electrons. The highest BCUT2D eigenvalue weighted by molar-refractivity contribution is 8.18. The number of allylic oxidation sites excluding steroid dienone is 4. The molecule has 226 valence electrons. The van der Waals surface area contributed by atoms with Crippen LogP contribution in [0.25, 0.3) is 0 Å². The van der Waals surface area contributed by atoms with E-state index in [1.54, 1.807) is 11.0 Å². The minimum atomic E-state index is -0.749. The van der Waals surface area contributed by atoms with Crippen LogP contribution < -0.4 is 0 Å². The molecular weight excluding hydrogens is 596 g/mol. The summed E-state index contributed by atoms with van der Waals surface area (Å²) in [5, 5.41) is 1.42. The molecule has 1 saturated heterocycles. The van der Waals surface area contributed by atoms with Crippen molar-refractivity contribution in [3.8, 4) is 0 Å². The van der Waals surface area contributed by atoms with Gasteiger partial charge < -0.3 is 14.5 Å². The summed E-state index contributed by atoms with van der Waals surface area (Å²) in [6.07, 6.45) is 4.97. The van der Waals surface area contributed by atoms with Gasteiger partial charge in [0.1, 0.15) is 27.9 Å². The first-order chi connectivity index (χ1) is 19.6. The molecular formula is C32H38Cl2FN3O3S. The Morgan fingerprint density at radius 1 is 1.17 bits per heavy atom. The monoisotopic (exact) mass is 633 g/mol. The Morgan fingerprint density at radius 2 is 1.83 bits per heavy atom. The lowest BCUT2D eigenvalue weighted by atomic mass is 9.75. The molecule has 1 aromatic carbocycles. The van der Waals surface area contributed by atoms with Crippen molar-refractivity contribution in [3.05, 3.63) is 68.5 Å². The van der Waals surface area contributed by atoms with E-state index in [-0.39, 0.29) is 53.1 Å². The molecule has 4 aliphatic rings. The number of ether oxygens (including phenoxy) is 1. The number of rotatable bonds is 5. The van der Waals surface area contributed by atoms with Crippen molar-refractivity contribution in [1.82, 2.24) is 9.80 Å². The molecule has 0 spiro atoms.